The zero-order valence-corrected chi connectivity index (χ0v) is 15.0. The average molecular weight is 334 g/mol. The predicted molar refractivity (Wildman–Crippen MR) is 89.3 cm³/mol. The maximum atomic E-state index is 12.2. The van der Waals surface area contributed by atoms with Crippen LogP contribution >= 0.6 is 11.3 Å². The van der Waals surface area contributed by atoms with E-state index in [0.29, 0.717) is 23.3 Å². The molecule has 0 aromatic carbocycles. The van der Waals surface area contributed by atoms with E-state index >= 15 is 0 Å². The molecule has 5 nitrogen and oxygen atoms in total. The second-order valence-corrected chi connectivity index (χ2v) is 8.14. The molecule has 1 rings (SSSR count). The van der Waals surface area contributed by atoms with E-state index < -0.39 is 10.0 Å². The molecule has 1 aromatic heterocycles. The van der Waals surface area contributed by atoms with Crippen molar-refractivity contribution in [2.45, 2.75) is 44.5 Å². The van der Waals surface area contributed by atoms with Crippen LogP contribution in [0.25, 0.3) is 0 Å². The number of rotatable bonds is 10. The molecule has 0 unspecified atom stereocenters. The molecule has 0 aliphatic carbocycles. The second kappa shape index (κ2) is 8.85. The molecular weight excluding hydrogens is 306 g/mol. The highest BCUT2D eigenvalue weighted by Gasteiger charge is 2.16. The van der Waals surface area contributed by atoms with Crippen molar-refractivity contribution < 1.29 is 8.42 Å². The number of sulfonamides is 1. The largest absolute Gasteiger partial charge is 0.310 e. The lowest BCUT2D eigenvalue weighted by Crippen LogP contribution is -2.34. The van der Waals surface area contributed by atoms with E-state index in [9.17, 15) is 8.42 Å². The van der Waals surface area contributed by atoms with E-state index in [2.05, 4.69) is 42.6 Å². The van der Waals surface area contributed by atoms with Crippen molar-refractivity contribution in [3.63, 3.8) is 0 Å². The Kier molecular flexibility index (Phi) is 7.83. The Labute approximate surface area is 132 Å². The maximum absolute atomic E-state index is 12.2. The molecule has 21 heavy (non-hydrogen) atoms. The SMILES string of the molecule is CCN(CC)CCNS(=O)(=O)c1cc(CNC(C)C)cs1. The average Bonchev–Trinajstić information content (AvgIpc) is 2.91. The van der Waals surface area contributed by atoms with Gasteiger partial charge in [-0.25, -0.2) is 13.1 Å². The Morgan fingerprint density at radius 1 is 1.29 bits per heavy atom. The molecule has 0 saturated carbocycles. The Bertz CT molecular complexity index is 508. The summed E-state index contributed by atoms with van der Waals surface area (Å²) in [5, 5.41) is 5.18. The standard InChI is InChI=1S/C14H27N3O2S2/c1-5-17(6-2)8-7-16-21(18,19)14-9-13(11-20-14)10-15-12(3)4/h9,11-12,15-16H,5-8,10H2,1-4H3. The summed E-state index contributed by atoms with van der Waals surface area (Å²) in [6.45, 7) is 12.0. The number of likely N-dealkylation sites (N-methyl/N-ethyl adjacent to an activating group) is 1. The molecule has 0 saturated heterocycles. The first kappa shape index (κ1) is 18.6. The topological polar surface area (TPSA) is 61.4 Å². The summed E-state index contributed by atoms with van der Waals surface area (Å²) in [4.78, 5) is 2.19. The van der Waals surface area contributed by atoms with Crippen LogP contribution in [-0.2, 0) is 16.6 Å². The Morgan fingerprint density at radius 2 is 1.95 bits per heavy atom. The summed E-state index contributed by atoms with van der Waals surface area (Å²) >= 11 is 1.27. The normalized spacial score (nSPS) is 12.5. The maximum Gasteiger partial charge on any atom is 0.250 e. The fraction of sp³-hybridized carbons (Fsp3) is 0.714. The van der Waals surface area contributed by atoms with Gasteiger partial charge >= 0.3 is 0 Å². The van der Waals surface area contributed by atoms with Crippen molar-refractivity contribution in [1.82, 2.24) is 14.9 Å². The molecule has 122 valence electrons. The molecule has 2 N–H and O–H groups in total. The van der Waals surface area contributed by atoms with Crippen molar-refractivity contribution >= 4 is 21.4 Å². The summed E-state index contributed by atoms with van der Waals surface area (Å²) in [7, 11) is -3.38. The monoisotopic (exact) mass is 333 g/mol. The van der Waals surface area contributed by atoms with E-state index in [-0.39, 0.29) is 0 Å². The van der Waals surface area contributed by atoms with Crippen molar-refractivity contribution in [3.8, 4) is 0 Å². The van der Waals surface area contributed by atoms with Crippen LogP contribution in [0.2, 0.25) is 0 Å². The lowest BCUT2D eigenvalue weighted by Gasteiger charge is -2.17. The fourth-order valence-corrected chi connectivity index (χ4v) is 4.13. The number of hydrogen-bond donors (Lipinski definition) is 2. The predicted octanol–water partition coefficient (Wildman–Crippen LogP) is 1.87. The first-order chi connectivity index (χ1) is 9.89. The van der Waals surface area contributed by atoms with Crippen LogP contribution in [0.3, 0.4) is 0 Å². The lowest BCUT2D eigenvalue weighted by molar-refractivity contribution is 0.309. The summed E-state index contributed by atoms with van der Waals surface area (Å²) in [5.41, 5.74) is 1.01. The van der Waals surface area contributed by atoms with Gasteiger partial charge in [0.2, 0.25) is 10.0 Å². The number of nitrogens with one attached hydrogen (secondary N) is 2. The van der Waals surface area contributed by atoms with Crippen LogP contribution in [0.5, 0.6) is 0 Å². The van der Waals surface area contributed by atoms with E-state index in [0.717, 1.165) is 25.2 Å². The zero-order chi connectivity index (χ0) is 15.9. The van der Waals surface area contributed by atoms with Gasteiger partial charge in [-0.2, -0.15) is 0 Å². The second-order valence-electron chi connectivity index (χ2n) is 5.23. The highest BCUT2D eigenvalue weighted by molar-refractivity contribution is 7.91. The summed E-state index contributed by atoms with van der Waals surface area (Å²) < 4.78 is 27.5. The fourth-order valence-electron chi connectivity index (χ4n) is 1.86. The first-order valence-corrected chi connectivity index (χ1v) is 9.78. The minimum Gasteiger partial charge on any atom is -0.310 e. The van der Waals surface area contributed by atoms with Gasteiger partial charge in [-0.1, -0.05) is 27.7 Å². The molecule has 0 fully saturated rings. The van der Waals surface area contributed by atoms with Crippen LogP contribution in [0.4, 0.5) is 0 Å². The van der Waals surface area contributed by atoms with E-state index in [1.54, 1.807) is 6.07 Å². The van der Waals surface area contributed by atoms with E-state index in [1.165, 1.54) is 11.3 Å². The van der Waals surface area contributed by atoms with Crippen LogP contribution in [0.15, 0.2) is 15.7 Å². The molecule has 1 aromatic rings. The smallest absolute Gasteiger partial charge is 0.250 e. The molecule has 7 heteroatoms. The third kappa shape index (κ3) is 6.44. The molecule has 0 atom stereocenters. The van der Waals surface area contributed by atoms with Gasteiger partial charge in [0.25, 0.3) is 0 Å². The van der Waals surface area contributed by atoms with Gasteiger partial charge in [0.05, 0.1) is 0 Å². The number of thiophene rings is 1. The van der Waals surface area contributed by atoms with Crippen molar-refractivity contribution in [3.05, 3.63) is 17.0 Å². The Hall–Kier alpha value is -0.470. The molecule has 0 bridgehead atoms. The van der Waals surface area contributed by atoms with Gasteiger partial charge in [-0.15, -0.1) is 11.3 Å². The van der Waals surface area contributed by atoms with Gasteiger partial charge in [-0.3, -0.25) is 0 Å². The minimum absolute atomic E-state index is 0.386. The Balaban J connectivity index is 2.54. The highest BCUT2D eigenvalue weighted by Crippen LogP contribution is 2.20. The molecule has 1 heterocycles. The summed E-state index contributed by atoms with van der Waals surface area (Å²) in [6, 6.07) is 2.14. The van der Waals surface area contributed by atoms with Crippen LogP contribution in [0, 0.1) is 0 Å². The number of hydrogen-bond acceptors (Lipinski definition) is 5. The Morgan fingerprint density at radius 3 is 2.52 bits per heavy atom. The van der Waals surface area contributed by atoms with E-state index in [1.807, 2.05) is 5.38 Å². The number of nitrogens with zero attached hydrogens (tertiary/aromatic N) is 1. The molecule has 0 amide bonds. The van der Waals surface area contributed by atoms with Gasteiger partial charge < -0.3 is 10.2 Å². The van der Waals surface area contributed by atoms with Crippen LogP contribution in [-0.4, -0.2) is 45.5 Å². The van der Waals surface area contributed by atoms with Crippen LogP contribution in [0.1, 0.15) is 33.3 Å². The van der Waals surface area contributed by atoms with Gasteiger partial charge in [0.1, 0.15) is 4.21 Å². The lowest BCUT2D eigenvalue weighted by atomic mass is 10.3. The molecule has 0 aliphatic rings. The van der Waals surface area contributed by atoms with E-state index in [4.69, 9.17) is 0 Å². The highest BCUT2D eigenvalue weighted by atomic mass is 32.2. The third-order valence-electron chi connectivity index (χ3n) is 3.22. The van der Waals surface area contributed by atoms with Crippen LogP contribution < -0.4 is 10.0 Å². The van der Waals surface area contributed by atoms with Crippen molar-refractivity contribution in [1.29, 1.82) is 0 Å². The van der Waals surface area contributed by atoms with Gasteiger partial charge in [0, 0.05) is 25.7 Å². The third-order valence-corrected chi connectivity index (χ3v) is 6.17. The molecule has 0 spiro atoms. The summed E-state index contributed by atoms with van der Waals surface area (Å²) in [5.74, 6) is 0. The quantitative estimate of drug-likeness (QED) is 0.686. The van der Waals surface area contributed by atoms with Crippen molar-refractivity contribution in [2.24, 2.45) is 0 Å². The van der Waals surface area contributed by atoms with Crippen molar-refractivity contribution in [2.75, 3.05) is 26.2 Å². The molecule has 0 radical (unpaired) electrons. The molecular formula is C14H27N3O2S2. The zero-order valence-electron chi connectivity index (χ0n) is 13.3. The van der Waals surface area contributed by atoms with Gasteiger partial charge in [-0.05, 0) is 30.1 Å². The molecule has 0 aliphatic heterocycles. The van der Waals surface area contributed by atoms with Gasteiger partial charge in [0.15, 0.2) is 0 Å². The minimum atomic E-state index is -3.38. The first-order valence-electron chi connectivity index (χ1n) is 7.41. The summed E-state index contributed by atoms with van der Waals surface area (Å²) in [6.07, 6.45) is 0.